The van der Waals surface area contributed by atoms with Gasteiger partial charge in [0, 0.05) is 51.5 Å². The first-order valence-corrected chi connectivity index (χ1v) is 17.3. The maximum atomic E-state index is 15.0. The molecular weight excluding hydrogens is 620 g/mol. The van der Waals surface area contributed by atoms with Gasteiger partial charge in [-0.15, -0.1) is 0 Å². The fourth-order valence-electron chi connectivity index (χ4n) is 8.72. The lowest BCUT2D eigenvalue weighted by molar-refractivity contribution is -0.235. The molecule has 0 radical (unpaired) electrons. The van der Waals surface area contributed by atoms with Crippen LogP contribution in [0.2, 0.25) is 0 Å². The molecular formula is C35H44N4O9. The molecule has 13 nitrogen and oxygen atoms in total. The molecule has 2 bridgehead atoms. The largest absolute Gasteiger partial charge is 0.458 e. The van der Waals surface area contributed by atoms with E-state index in [2.05, 4.69) is 5.32 Å². The predicted molar refractivity (Wildman–Crippen MR) is 168 cm³/mol. The molecule has 8 rings (SSSR count). The highest BCUT2D eigenvalue weighted by atomic mass is 16.8. The number of esters is 1. The van der Waals surface area contributed by atoms with Crippen molar-refractivity contribution in [1.82, 2.24) is 20.2 Å². The van der Waals surface area contributed by atoms with Gasteiger partial charge in [-0.1, -0.05) is 24.3 Å². The first-order valence-electron chi connectivity index (χ1n) is 17.3. The van der Waals surface area contributed by atoms with Gasteiger partial charge in [0.1, 0.15) is 35.9 Å². The van der Waals surface area contributed by atoms with Gasteiger partial charge in [0.2, 0.25) is 17.7 Å². The van der Waals surface area contributed by atoms with Gasteiger partial charge in [0.25, 0.3) is 0 Å². The molecule has 3 saturated carbocycles. The Balaban J connectivity index is 1.13. The maximum Gasteiger partial charge on any atom is 0.327 e. The van der Waals surface area contributed by atoms with E-state index in [1.165, 1.54) is 11.0 Å². The standard InChI is InChI=1S/C35H44N4O9/c1-37(2)26(41)14-9-20-5-7-21(8-6-20)19-39-29-32(43)45-25-18-34(29,33(44)38-16-3-4-24(38)31(42)36-15-17-40)30(48-39)28-27(25)46-35(47-28,22-10-11-22)23-12-13-23/h5-9,14,22-25,27-30,40H,3-4,10-13,15-19H2,1-2H3,(H,36,42)/t24-,25-,27+,28+,29+,30-,34+/m1/s1. The van der Waals surface area contributed by atoms with E-state index in [4.69, 9.17) is 19.0 Å². The molecule has 7 atom stereocenters. The zero-order valence-electron chi connectivity index (χ0n) is 27.4. The van der Waals surface area contributed by atoms with Crippen LogP contribution in [0.4, 0.5) is 0 Å². The van der Waals surface area contributed by atoms with Gasteiger partial charge >= 0.3 is 5.97 Å². The van der Waals surface area contributed by atoms with Gasteiger partial charge in [-0.2, -0.15) is 5.06 Å². The van der Waals surface area contributed by atoms with Gasteiger partial charge in [-0.05, 0) is 55.7 Å². The second-order valence-corrected chi connectivity index (χ2v) is 14.6. The quantitative estimate of drug-likeness (QED) is 0.274. The topological polar surface area (TPSA) is 147 Å². The molecule has 1 aromatic carbocycles. The van der Waals surface area contributed by atoms with Gasteiger partial charge in [0.05, 0.1) is 13.2 Å². The normalized spacial score (nSPS) is 35.1. The third-order valence-electron chi connectivity index (χ3n) is 11.3. The summed E-state index contributed by atoms with van der Waals surface area (Å²) in [5.74, 6) is -1.49. The fraction of sp³-hybridized carbons (Fsp3) is 0.657. The highest BCUT2D eigenvalue weighted by Gasteiger charge is 2.78. The molecule has 7 aliphatic rings. The first-order chi connectivity index (χ1) is 23.2. The van der Waals surface area contributed by atoms with E-state index in [1.807, 2.05) is 24.3 Å². The summed E-state index contributed by atoms with van der Waals surface area (Å²) in [6.45, 7) is 0.471. The highest BCUT2D eigenvalue weighted by Crippen LogP contribution is 2.64. The lowest BCUT2D eigenvalue weighted by atomic mass is 9.62. The predicted octanol–water partition coefficient (Wildman–Crippen LogP) is 0.988. The van der Waals surface area contributed by atoms with Crippen molar-refractivity contribution >= 4 is 29.8 Å². The second kappa shape index (κ2) is 11.9. The number of likely N-dealkylation sites (tertiary alicyclic amines) is 1. The van der Waals surface area contributed by atoms with E-state index < -0.39 is 53.7 Å². The van der Waals surface area contributed by atoms with Gasteiger partial charge in [-0.3, -0.25) is 24.0 Å². The minimum absolute atomic E-state index is 0.0962. The summed E-state index contributed by atoms with van der Waals surface area (Å²) >= 11 is 0. The van der Waals surface area contributed by atoms with E-state index >= 15 is 4.79 Å². The number of nitrogens with one attached hydrogen (secondary N) is 1. The Morgan fingerprint density at radius 3 is 2.42 bits per heavy atom. The molecule has 0 unspecified atom stereocenters. The molecule has 258 valence electrons. The number of hydrogen-bond donors (Lipinski definition) is 2. The van der Waals surface area contributed by atoms with Crippen LogP contribution in [-0.4, -0.2) is 120 Å². The number of likely N-dealkylation sites (N-methyl/N-ethyl adjacent to an activating group) is 1. The lowest BCUT2D eigenvalue weighted by Crippen LogP contribution is -2.70. The van der Waals surface area contributed by atoms with Crippen LogP contribution in [0.5, 0.6) is 0 Å². The third kappa shape index (κ3) is 5.08. The number of rotatable bonds is 10. The maximum absolute atomic E-state index is 15.0. The van der Waals surface area contributed by atoms with Crippen molar-refractivity contribution < 1.29 is 43.3 Å². The molecule has 7 fully saturated rings. The van der Waals surface area contributed by atoms with Crippen LogP contribution in [0.3, 0.4) is 0 Å². The number of carbonyl (C=O) groups excluding carboxylic acids is 4. The van der Waals surface area contributed by atoms with Crippen LogP contribution >= 0.6 is 0 Å². The van der Waals surface area contributed by atoms with E-state index in [1.54, 1.807) is 30.1 Å². The molecule has 3 amide bonds. The summed E-state index contributed by atoms with van der Waals surface area (Å²) < 4.78 is 19.9. The van der Waals surface area contributed by atoms with E-state index in [-0.39, 0.29) is 55.7 Å². The first kappa shape index (κ1) is 31.9. The number of ether oxygens (including phenoxy) is 3. The molecule has 2 N–H and O–H groups in total. The minimum atomic E-state index is -1.34. The van der Waals surface area contributed by atoms with Crippen LogP contribution in [0.25, 0.3) is 6.08 Å². The molecule has 1 aromatic rings. The average Bonchev–Trinajstić information content (AvgIpc) is 4.00. The van der Waals surface area contributed by atoms with Crippen molar-refractivity contribution in [2.45, 2.75) is 93.8 Å². The second-order valence-electron chi connectivity index (χ2n) is 14.6. The number of aliphatic hydroxyl groups excluding tert-OH is 1. The third-order valence-corrected chi connectivity index (χ3v) is 11.3. The van der Waals surface area contributed by atoms with Crippen molar-refractivity contribution in [1.29, 1.82) is 0 Å². The summed E-state index contributed by atoms with van der Waals surface area (Å²) in [7, 11) is 3.39. The van der Waals surface area contributed by atoms with Crippen LogP contribution in [0.1, 0.15) is 56.1 Å². The van der Waals surface area contributed by atoms with Gasteiger partial charge in [-0.25, -0.2) is 0 Å². The van der Waals surface area contributed by atoms with E-state index in [0.717, 1.165) is 36.8 Å². The number of aliphatic hydroxyl groups is 1. The molecule has 13 heteroatoms. The fourth-order valence-corrected chi connectivity index (χ4v) is 8.72. The highest BCUT2D eigenvalue weighted by molar-refractivity contribution is 5.96. The SMILES string of the molecule is CN(C)C(=O)C=Cc1ccc(CN2O[C@@H]3[C@H]4OC(C5CC5)(C5CC5)O[C@H]4[C@H]4C[C@]3(C(=O)N3CCC[C@@H]3C(=O)NCCO)[C@@H]2C(=O)O4)cc1. The van der Waals surface area contributed by atoms with E-state index in [0.29, 0.717) is 19.4 Å². The number of carbonyl (C=O) groups is 4. The molecule has 3 aliphatic carbocycles. The molecule has 0 spiro atoms. The Morgan fingerprint density at radius 2 is 1.75 bits per heavy atom. The Bertz CT molecular complexity index is 1500. The van der Waals surface area contributed by atoms with Crippen LogP contribution in [0.15, 0.2) is 30.3 Å². The van der Waals surface area contributed by atoms with Crippen molar-refractivity contribution in [3.63, 3.8) is 0 Å². The average molecular weight is 665 g/mol. The minimum Gasteiger partial charge on any atom is -0.458 e. The molecule has 48 heavy (non-hydrogen) atoms. The van der Waals surface area contributed by atoms with Gasteiger partial charge in [0.15, 0.2) is 11.8 Å². The van der Waals surface area contributed by atoms with Crippen molar-refractivity contribution in [3.05, 3.63) is 41.5 Å². The number of nitrogens with zero attached hydrogens (tertiary/aromatic N) is 3. The van der Waals surface area contributed by atoms with Crippen LogP contribution < -0.4 is 5.32 Å². The van der Waals surface area contributed by atoms with Crippen molar-refractivity contribution in [2.75, 3.05) is 33.8 Å². The smallest absolute Gasteiger partial charge is 0.327 e. The van der Waals surface area contributed by atoms with Crippen molar-refractivity contribution in [3.8, 4) is 0 Å². The van der Waals surface area contributed by atoms with Gasteiger partial charge < -0.3 is 34.4 Å². The molecule has 4 saturated heterocycles. The summed E-state index contributed by atoms with van der Waals surface area (Å²) in [5.41, 5.74) is 0.338. The number of hydroxylamine groups is 2. The Morgan fingerprint density at radius 1 is 1.04 bits per heavy atom. The summed E-state index contributed by atoms with van der Waals surface area (Å²) in [6.07, 6.45) is 5.97. The summed E-state index contributed by atoms with van der Waals surface area (Å²) in [6, 6.07) is 5.82. The summed E-state index contributed by atoms with van der Waals surface area (Å²) in [5, 5.41) is 13.6. The number of fused-ring (bicyclic) bond motifs is 4. The zero-order chi connectivity index (χ0) is 33.4. The Labute approximate surface area is 279 Å². The lowest BCUT2D eigenvalue weighted by Gasteiger charge is -2.50. The monoisotopic (exact) mass is 664 g/mol. The number of benzene rings is 1. The van der Waals surface area contributed by atoms with E-state index in [9.17, 15) is 19.5 Å². The Hall–Kier alpha value is -3.36. The molecule has 0 aromatic heterocycles. The van der Waals surface area contributed by atoms with Crippen molar-refractivity contribution in [2.24, 2.45) is 17.3 Å². The Kier molecular flexibility index (Phi) is 7.91. The zero-order valence-corrected chi connectivity index (χ0v) is 27.4. The summed E-state index contributed by atoms with van der Waals surface area (Å²) in [4.78, 5) is 64.2. The molecule has 4 aliphatic heterocycles. The molecule has 4 heterocycles. The van der Waals surface area contributed by atoms with Crippen LogP contribution in [-0.2, 0) is 44.8 Å². The number of hydrogen-bond acceptors (Lipinski definition) is 10. The number of amides is 3. The van der Waals surface area contributed by atoms with Crippen LogP contribution in [0, 0.1) is 17.3 Å².